The summed E-state index contributed by atoms with van der Waals surface area (Å²) in [5, 5.41) is 11.2. The molecular formula is C17H20N8O. The number of hydrogen-bond donors (Lipinski definition) is 1. The van der Waals surface area contributed by atoms with E-state index in [1.807, 2.05) is 38.5 Å². The van der Waals surface area contributed by atoms with E-state index in [0.29, 0.717) is 24.7 Å². The molecule has 0 aromatic carbocycles. The van der Waals surface area contributed by atoms with Crippen molar-refractivity contribution < 1.29 is 4.79 Å². The fourth-order valence-electron chi connectivity index (χ4n) is 3.28. The summed E-state index contributed by atoms with van der Waals surface area (Å²) in [5.74, 6) is 0.547. The first-order chi connectivity index (χ1) is 12.6. The Kier molecular flexibility index (Phi) is 4.11. The van der Waals surface area contributed by atoms with Gasteiger partial charge in [-0.3, -0.25) is 4.79 Å². The van der Waals surface area contributed by atoms with Gasteiger partial charge in [0.05, 0.1) is 18.3 Å². The summed E-state index contributed by atoms with van der Waals surface area (Å²) in [4.78, 5) is 23.6. The minimum Gasteiger partial charge on any atom is -0.347 e. The first-order valence-corrected chi connectivity index (χ1v) is 8.44. The SMILES string of the molecule is Cc1ccnc(N2C[C@@H](NC(=O)c3cccn3C)[C@@H](n3ccnn3)C2)n1. The summed E-state index contributed by atoms with van der Waals surface area (Å²) < 4.78 is 3.59. The van der Waals surface area contributed by atoms with E-state index in [1.165, 1.54) is 0 Å². The molecule has 0 saturated carbocycles. The average molecular weight is 352 g/mol. The van der Waals surface area contributed by atoms with Gasteiger partial charge in [0.15, 0.2) is 0 Å². The third kappa shape index (κ3) is 3.03. The maximum atomic E-state index is 12.7. The van der Waals surface area contributed by atoms with Crippen molar-refractivity contribution in [1.82, 2.24) is 34.8 Å². The van der Waals surface area contributed by atoms with Crippen LogP contribution < -0.4 is 10.2 Å². The molecular weight excluding hydrogens is 332 g/mol. The summed E-state index contributed by atoms with van der Waals surface area (Å²) in [6.07, 6.45) is 7.05. The Bertz CT molecular complexity index is 903. The summed E-state index contributed by atoms with van der Waals surface area (Å²) >= 11 is 0. The molecule has 1 aliphatic heterocycles. The van der Waals surface area contributed by atoms with Crippen LogP contribution in [0.3, 0.4) is 0 Å². The Hall–Kier alpha value is -3.23. The van der Waals surface area contributed by atoms with Crippen LogP contribution in [0.1, 0.15) is 22.2 Å². The highest BCUT2D eigenvalue weighted by atomic mass is 16.2. The fraction of sp³-hybridized carbons (Fsp3) is 0.353. The van der Waals surface area contributed by atoms with Crippen molar-refractivity contribution in [3.05, 3.63) is 54.4 Å². The van der Waals surface area contributed by atoms with Crippen molar-refractivity contribution in [3.8, 4) is 0 Å². The molecule has 1 saturated heterocycles. The van der Waals surface area contributed by atoms with Crippen molar-refractivity contribution in [3.63, 3.8) is 0 Å². The Morgan fingerprint density at radius 1 is 1.23 bits per heavy atom. The summed E-state index contributed by atoms with van der Waals surface area (Å²) in [7, 11) is 1.85. The predicted molar refractivity (Wildman–Crippen MR) is 94.7 cm³/mol. The van der Waals surface area contributed by atoms with E-state index in [4.69, 9.17) is 0 Å². The topological polar surface area (TPSA) is 93.8 Å². The van der Waals surface area contributed by atoms with E-state index in [2.05, 4.69) is 30.5 Å². The first kappa shape index (κ1) is 16.2. The largest absolute Gasteiger partial charge is 0.347 e. The van der Waals surface area contributed by atoms with E-state index in [-0.39, 0.29) is 18.0 Å². The zero-order chi connectivity index (χ0) is 18.1. The highest BCUT2D eigenvalue weighted by Gasteiger charge is 2.37. The maximum Gasteiger partial charge on any atom is 0.268 e. The summed E-state index contributed by atoms with van der Waals surface area (Å²) in [6, 6.07) is 5.33. The third-order valence-electron chi connectivity index (χ3n) is 4.63. The first-order valence-electron chi connectivity index (χ1n) is 8.44. The number of rotatable bonds is 4. The predicted octanol–water partition coefficient (Wildman–Crippen LogP) is 0.575. The second-order valence-corrected chi connectivity index (χ2v) is 6.44. The van der Waals surface area contributed by atoms with Crippen LogP contribution in [-0.2, 0) is 7.05 Å². The second-order valence-electron chi connectivity index (χ2n) is 6.44. The molecule has 0 bridgehead atoms. The van der Waals surface area contributed by atoms with E-state index < -0.39 is 0 Å². The minimum absolute atomic E-state index is 0.0502. The number of aromatic nitrogens is 6. The lowest BCUT2D eigenvalue weighted by Crippen LogP contribution is -2.42. The van der Waals surface area contributed by atoms with Gasteiger partial charge >= 0.3 is 0 Å². The fourth-order valence-corrected chi connectivity index (χ4v) is 3.28. The number of amides is 1. The standard InChI is InChI=1S/C17H20N8O/c1-12-5-6-18-17(20-12)24-10-13(15(11-24)25-9-7-19-22-25)21-16(26)14-4-3-8-23(14)2/h3-9,13,15H,10-11H2,1-2H3,(H,21,26)/t13-,15+/m1/s1. The van der Waals surface area contributed by atoms with Crippen molar-refractivity contribution in [1.29, 1.82) is 0 Å². The Labute approximate surface area is 150 Å². The number of nitrogens with zero attached hydrogens (tertiary/aromatic N) is 7. The van der Waals surface area contributed by atoms with Gasteiger partial charge in [0, 0.05) is 44.4 Å². The summed E-state index contributed by atoms with van der Waals surface area (Å²) in [5.41, 5.74) is 1.52. The van der Waals surface area contributed by atoms with Crippen molar-refractivity contribution in [2.45, 2.75) is 19.0 Å². The van der Waals surface area contributed by atoms with E-state index in [0.717, 1.165) is 5.69 Å². The number of nitrogens with one attached hydrogen (secondary N) is 1. The zero-order valence-corrected chi connectivity index (χ0v) is 14.6. The number of carbonyl (C=O) groups is 1. The van der Waals surface area contributed by atoms with Crippen LogP contribution in [0.4, 0.5) is 5.95 Å². The van der Waals surface area contributed by atoms with Gasteiger partial charge in [-0.1, -0.05) is 5.21 Å². The van der Waals surface area contributed by atoms with Gasteiger partial charge in [-0.05, 0) is 25.1 Å². The minimum atomic E-state index is -0.136. The molecule has 134 valence electrons. The van der Waals surface area contributed by atoms with Crippen LogP contribution in [0.2, 0.25) is 0 Å². The lowest BCUT2D eigenvalue weighted by atomic mass is 10.1. The second kappa shape index (κ2) is 6.58. The van der Waals surface area contributed by atoms with Gasteiger partial charge in [0.1, 0.15) is 5.69 Å². The van der Waals surface area contributed by atoms with Crippen LogP contribution in [0.15, 0.2) is 43.0 Å². The maximum absolute atomic E-state index is 12.7. The van der Waals surface area contributed by atoms with Crippen LogP contribution in [-0.4, -0.2) is 54.6 Å². The lowest BCUT2D eigenvalue weighted by molar-refractivity contribution is 0.0923. The van der Waals surface area contributed by atoms with Crippen LogP contribution in [0.5, 0.6) is 0 Å². The lowest BCUT2D eigenvalue weighted by Gasteiger charge is -2.19. The average Bonchev–Trinajstić information content (AvgIpc) is 3.34. The van der Waals surface area contributed by atoms with Gasteiger partial charge in [0.25, 0.3) is 5.91 Å². The Morgan fingerprint density at radius 3 is 2.81 bits per heavy atom. The molecule has 0 radical (unpaired) electrons. The van der Waals surface area contributed by atoms with Gasteiger partial charge < -0.3 is 14.8 Å². The molecule has 3 aromatic heterocycles. The number of hydrogen-bond acceptors (Lipinski definition) is 6. The van der Waals surface area contributed by atoms with Crippen LogP contribution >= 0.6 is 0 Å². The molecule has 0 aliphatic carbocycles. The molecule has 1 N–H and O–H groups in total. The smallest absolute Gasteiger partial charge is 0.268 e. The highest BCUT2D eigenvalue weighted by molar-refractivity contribution is 5.93. The molecule has 4 rings (SSSR count). The molecule has 1 fully saturated rings. The number of anilines is 1. The van der Waals surface area contributed by atoms with Gasteiger partial charge in [-0.25, -0.2) is 14.6 Å². The van der Waals surface area contributed by atoms with Gasteiger partial charge in [-0.15, -0.1) is 5.10 Å². The van der Waals surface area contributed by atoms with Crippen molar-refractivity contribution in [2.24, 2.45) is 7.05 Å². The quantitative estimate of drug-likeness (QED) is 0.738. The molecule has 26 heavy (non-hydrogen) atoms. The Morgan fingerprint density at radius 2 is 2.12 bits per heavy atom. The van der Waals surface area contributed by atoms with Crippen molar-refractivity contribution in [2.75, 3.05) is 18.0 Å². The van der Waals surface area contributed by atoms with Crippen LogP contribution in [0, 0.1) is 6.92 Å². The zero-order valence-electron chi connectivity index (χ0n) is 14.6. The monoisotopic (exact) mass is 352 g/mol. The van der Waals surface area contributed by atoms with E-state index in [1.54, 1.807) is 27.7 Å². The molecule has 1 aliphatic rings. The molecule has 0 unspecified atom stereocenters. The van der Waals surface area contributed by atoms with Gasteiger partial charge in [0.2, 0.25) is 5.95 Å². The number of carbonyl (C=O) groups excluding carboxylic acids is 1. The van der Waals surface area contributed by atoms with Crippen LogP contribution in [0.25, 0.3) is 0 Å². The Balaban J connectivity index is 1.58. The van der Waals surface area contributed by atoms with E-state index in [9.17, 15) is 4.79 Å². The van der Waals surface area contributed by atoms with Crippen molar-refractivity contribution >= 4 is 11.9 Å². The molecule has 1 amide bonds. The third-order valence-corrected chi connectivity index (χ3v) is 4.63. The molecule has 3 aromatic rings. The molecule has 0 spiro atoms. The summed E-state index contributed by atoms with van der Waals surface area (Å²) in [6.45, 7) is 3.18. The highest BCUT2D eigenvalue weighted by Crippen LogP contribution is 2.25. The number of aryl methyl sites for hydroxylation is 2. The molecule has 2 atom stereocenters. The molecule has 9 heteroatoms. The van der Waals surface area contributed by atoms with E-state index >= 15 is 0 Å². The normalized spacial score (nSPS) is 19.7. The van der Waals surface area contributed by atoms with Gasteiger partial charge in [-0.2, -0.15) is 0 Å². The molecule has 4 heterocycles. The molecule has 9 nitrogen and oxygen atoms in total.